The van der Waals surface area contributed by atoms with Crippen molar-refractivity contribution >= 4 is 11.4 Å². The standard InChI is InChI=1S/C18H17N3O/c22-15-5-9-21(10-6-15)12-14-11-13-3-1-7-19-17(13)18-16(14)4-2-8-20-18/h1-4,7-8,12H,5-6,9-11H2. The second kappa shape index (κ2) is 5.37. The Morgan fingerprint density at radius 2 is 1.73 bits per heavy atom. The Morgan fingerprint density at radius 1 is 1.00 bits per heavy atom. The summed E-state index contributed by atoms with van der Waals surface area (Å²) in [6.45, 7) is 1.63. The lowest BCUT2D eigenvalue weighted by Crippen LogP contribution is -2.30. The van der Waals surface area contributed by atoms with Gasteiger partial charge in [0.05, 0.1) is 11.4 Å². The Labute approximate surface area is 129 Å². The van der Waals surface area contributed by atoms with E-state index in [1.54, 1.807) is 0 Å². The number of pyridine rings is 2. The summed E-state index contributed by atoms with van der Waals surface area (Å²) in [6.07, 6.45) is 8.03. The Balaban J connectivity index is 1.74. The molecule has 0 saturated carbocycles. The van der Waals surface area contributed by atoms with E-state index in [4.69, 9.17) is 0 Å². The van der Waals surface area contributed by atoms with Gasteiger partial charge < -0.3 is 4.90 Å². The fourth-order valence-corrected chi connectivity index (χ4v) is 3.19. The van der Waals surface area contributed by atoms with Crippen molar-refractivity contribution in [2.45, 2.75) is 19.3 Å². The molecule has 1 fully saturated rings. The van der Waals surface area contributed by atoms with Crippen LogP contribution in [0, 0.1) is 0 Å². The quantitative estimate of drug-likeness (QED) is 0.810. The molecule has 2 aromatic heterocycles. The molecule has 0 N–H and O–H groups in total. The number of ketones is 1. The van der Waals surface area contributed by atoms with E-state index in [9.17, 15) is 4.79 Å². The molecule has 4 heteroatoms. The average molecular weight is 291 g/mol. The Morgan fingerprint density at radius 3 is 2.55 bits per heavy atom. The van der Waals surface area contributed by atoms with E-state index in [2.05, 4.69) is 33.2 Å². The highest BCUT2D eigenvalue weighted by Crippen LogP contribution is 2.36. The monoisotopic (exact) mass is 291 g/mol. The molecule has 0 aromatic carbocycles. The average Bonchev–Trinajstić information content (AvgIpc) is 2.57. The number of allylic oxidation sites excluding steroid dienone is 1. The smallest absolute Gasteiger partial charge is 0.136 e. The van der Waals surface area contributed by atoms with E-state index in [1.807, 2.05) is 24.5 Å². The number of piperidine rings is 1. The van der Waals surface area contributed by atoms with Crippen molar-refractivity contribution in [3.8, 4) is 11.4 Å². The van der Waals surface area contributed by atoms with Crippen LogP contribution in [0.3, 0.4) is 0 Å². The van der Waals surface area contributed by atoms with Crippen LogP contribution in [-0.2, 0) is 11.2 Å². The summed E-state index contributed by atoms with van der Waals surface area (Å²) in [4.78, 5) is 22.7. The number of hydrogen-bond donors (Lipinski definition) is 0. The lowest BCUT2D eigenvalue weighted by molar-refractivity contribution is -0.120. The van der Waals surface area contributed by atoms with Gasteiger partial charge in [-0.1, -0.05) is 12.1 Å². The molecular weight excluding hydrogens is 274 g/mol. The number of carbonyl (C=O) groups excluding carboxylic acids is 1. The van der Waals surface area contributed by atoms with Gasteiger partial charge in [-0.25, -0.2) is 0 Å². The van der Waals surface area contributed by atoms with Crippen LogP contribution in [0.25, 0.3) is 17.0 Å². The highest BCUT2D eigenvalue weighted by molar-refractivity contribution is 5.84. The molecule has 0 radical (unpaired) electrons. The van der Waals surface area contributed by atoms with Crippen LogP contribution < -0.4 is 0 Å². The summed E-state index contributed by atoms with van der Waals surface area (Å²) in [5.41, 5.74) is 5.59. The molecule has 1 aliphatic heterocycles. The van der Waals surface area contributed by atoms with Gasteiger partial charge >= 0.3 is 0 Å². The van der Waals surface area contributed by atoms with Gasteiger partial charge in [-0.3, -0.25) is 14.8 Å². The van der Waals surface area contributed by atoms with Crippen LogP contribution in [0.4, 0.5) is 0 Å². The summed E-state index contributed by atoms with van der Waals surface area (Å²) in [5.74, 6) is 0.370. The normalized spacial score (nSPS) is 19.0. The lowest BCUT2D eigenvalue weighted by atomic mass is 9.88. The highest BCUT2D eigenvalue weighted by Gasteiger charge is 2.23. The molecule has 1 saturated heterocycles. The number of fused-ring (bicyclic) bond motifs is 3. The Kier molecular flexibility index (Phi) is 3.22. The van der Waals surface area contributed by atoms with E-state index in [0.29, 0.717) is 18.6 Å². The van der Waals surface area contributed by atoms with E-state index in [0.717, 1.165) is 36.5 Å². The van der Waals surface area contributed by atoms with Crippen LogP contribution in [0.5, 0.6) is 0 Å². The summed E-state index contributed by atoms with van der Waals surface area (Å²) >= 11 is 0. The van der Waals surface area contributed by atoms with Gasteiger partial charge in [-0.05, 0) is 23.3 Å². The minimum absolute atomic E-state index is 0.370. The van der Waals surface area contributed by atoms with Gasteiger partial charge in [0.2, 0.25) is 0 Å². The van der Waals surface area contributed by atoms with E-state index in [-0.39, 0.29) is 0 Å². The predicted octanol–water partition coefficient (Wildman–Crippen LogP) is 2.71. The van der Waals surface area contributed by atoms with E-state index in [1.165, 1.54) is 11.1 Å². The number of likely N-dealkylation sites (tertiary alicyclic amines) is 1. The predicted molar refractivity (Wildman–Crippen MR) is 85.0 cm³/mol. The van der Waals surface area contributed by atoms with Crippen LogP contribution >= 0.6 is 0 Å². The third-order valence-electron chi connectivity index (χ3n) is 4.34. The Hall–Kier alpha value is -2.49. The van der Waals surface area contributed by atoms with Gasteiger partial charge in [-0.2, -0.15) is 0 Å². The molecule has 0 unspecified atom stereocenters. The maximum atomic E-state index is 11.4. The Bertz CT molecular complexity index is 756. The molecule has 0 amide bonds. The third-order valence-corrected chi connectivity index (χ3v) is 4.34. The van der Waals surface area contributed by atoms with Crippen LogP contribution in [0.1, 0.15) is 24.0 Å². The molecule has 0 atom stereocenters. The van der Waals surface area contributed by atoms with Crippen LogP contribution in [0.2, 0.25) is 0 Å². The number of carbonyl (C=O) groups is 1. The van der Waals surface area contributed by atoms with Crippen molar-refractivity contribution in [2.24, 2.45) is 0 Å². The first kappa shape index (κ1) is 13.2. The molecule has 2 aromatic rings. The number of hydrogen-bond acceptors (Lipinski definition) is 4. The highest BCUT2D eigenvalue weighted by atomic mass is 16.1. The van der Waals surface area contributed by atoms with Crippen molar-refractivity contribution in [2.75, 3.05) is 13.1 Å². The van der Waals surface area contributed by atoms with E-state index < -0.39 is 0 Å². The number of Topliss-reactive ketones (excluding diaryl/α,β-unsaturated/α-hetero) is 1. The summed E-state index contributed by atoms with van der Waals surface area (Å²) < 4.78 is 0. The van der Waals surface area contributed by atoms with Crippen molar-refractivity contribution in [3.05, 3.63) is 54.0 Å². The summed E-state index contributed by atoms with van der Waals surface area (Å²) in [7, 11) is 0. The van der Waals surface area contributed by atoms with E-state index >= 15 is 0 Å². The topological polar surface area (TPSA) is 46.1 Å². The van der Waals surface area contributed by atoms with Gasteiger partial charge in [0.25, 0.3) is 0 Å². The van der Waals surface area contributed by atoms with Gasteiger partial charge in [0.1, 0.15) is 5.78 Å². The number of nitrogens with zero attached hydrogens (tertiary/aromatic N) is 3. The maximum Gasteiger partial charge on any atom is 0.136 e. The second-order valence-corrected chi connectivity index (χ2v) is 5.82. The fraction of sp³-hybridized carbons (Fsp3) is 0.278. The second-order valence-electron chi connectivity index (χ2n) is 5.82. The fourth-order valence-electron chi connectivity index (χ4n) is 3.19. The van der Waals surface area contributed by atoms with Crippen molar-refractivity contribution in [1.29, 1.82) is 0 Å². The van der Waals surface area contributed by atoms with Gasteiger partial charge in [-0.15, -0.1) is 0 Å². The van der Waals surface area contributed by atoms with Crippen LogP contribution in [-0.4, -0.2) is 33.7 Å². The number of aromatic nitrogens is 2. The zero-order valence-electron chi connectivity index (χ0n) is 12.3. The molecule has 4 rings (SSSR count). The molecule has 1 aliphatic carbocycles. The number of rotatable bonds is 1. The minimum atomic E-state index is 0.370. The van der Waals surface area contributed by atoms with Crippen molar-refractivity contribution < 1.29 is 4.79 Å². The third kappa shape index (κ3) is 2.30. The van der Waals surface area contributed by atoms with Crippen LogP contribution in [0.15, 0.2) is 42.9 Å². The molecule has 110 valence electrons. The first-order valence-corrected chi connectivity index (χ1v) is 7.67. The maximum absolute atomic E-state index is 11.4. The first-order chi connectivity index (χ1) is 10.8. The SMILES string of the molecule is O=C1CCN(C=C2Cc3cccnc3-c3ncccc32)CC1. The van der Waals surface area contributed by atoms with Gasteiger partial charge in [0.15, 0.2) is 0 Å². The molecule has 4 nitrogen and oxygen atoms in total. The molecule has 22 heavy (non-hydrogen) atoms. The van der Waals surface area contributed by atoms with Crippen molar-refractivity contribution in [3.63, 3.8) is 0 Å². The minimum Gasteiger partial charge on any atom is -0.376 e. The molecule has 2 aliphatic rings. The molecule has 3 heterocycles. The zero-order valence-corrected chi connectivity index (χ0v) is 12.3. The lowest BCUT2D eigenvalue weighted by Gasteiger charge is -2.27. The largest absolute Gasteiger partial charge is 0.376 e. The van der Waals surface area contributed by atoms with Crippen molar-refractivity contribution in [1.82, 2.24) is 14.9 Å². The molecule has 0 spiro atoms. The molecule has 0 bridgehead atoms. The molecular formula is C18H17N3O. The zero-order chi connectivity index (χ0) is 14.9. The summed E-state index contributed by atoms with van der Waals surface area (Å²) in [5, 5.41) is 0. The summed E-state index contributed by atoms with van der Waals surface area (Å²) in [6, 6.07) is 8.18. The first-order valence-electron chi connectivity index (χ1n) is 7.67. The van der Waals surface area contributed by atoms with Gasteiger partial charge in [0, 0.05) is 56.5 Å².